The molecule has 5 atom stereocenters. The molecular formula is C26H33N3O10. The molecular weight excluding hydrogens is 514 g/mol. The van der Waals surface area contributed by atoms with Crippen LogP contribution in [-0.4, -0.2) is 79.2 Å². The predicted molar refractivity (Wildman–Crippen MR) is 135 cm³/mol. The van der Waals surface area contributed by atoms with E-state index < -0.39 is 54.5 Å². The van der Waals surface area contributed by atoms with Crippen molar-refractivity contribution in [2.75, 3.05) is 18.1 Å². The molecule has 2 amide bonds. The molecule has 13 heteroatoms. The van der Waals surface area contributed by atoms with Gasteiger partial charge in [0.1, 0.15) is 18.8 Å². The Kier molecular flexibility index (Phi) is 9.62. The maximum Gasteiger partial charge on any atom is 0.303 e. The van der Waals surface area contributed by atoms with Crippen LogP contribution in [0.3, 0.4) is 0 Å². The van der Waals surface area contributed by atoms with Crippen LogP contribution in [0.1, 0.15) is 52.2 Å². The second kappa shape index (κ2) is 12.7. The van der Waals surface area contributed by atoms with E-state index in [1.165, 1.54) is 13.8 Å². The number of hydrogen-bond acceptors (Lipinski definition) is 11. The van der Waals surface area contributed by atoms with Gasteiger partial charge in [0.25, 0.3) is 12.2 Å². The second-order valence-electron chi connectivity index (χ2n) is 9.24. The lowest BCUT2D eigenvalue weighted by atomic mass is 9.96. The zero-order valence-electron chi connectivity index (χ0n) is 22.7. The Morgan fingerprint density at radius 3 is 2.28 bits per heavy atom. The highest BCUT2D eigenvalue weighted by atomic mass is 16.8. The third-order valence-corrected chi connectivity index (χ3v) is 5.91. The van der Waals surface area contributed by atoms with Crippen LogP contribution >= 0.6 is 0 Å². The van der Waals surface area contributed by atoms with Gasteiger partial charge < -0.3 is 34.0 Å². The number of fused-ring (bicyclic) bond motifs is 1. The van der Waals surface area contributed by atoms with Crippen molar-refractivity contribution in [3.8, 4) is 0 Å². The SMILES string of the molecule is CCCN1C(=O)C(=NOC2OC(COC(C)=O)C(OC(C)=O)C(OC(C)=O)C2NC(C)=O)c2cc(C)ccc21. The molecule has 3 rings (SSSR count). The van der Waals surface area contributed by atoms with E-state index in [0.717, 1.165) is 19.4 Å². The van der Waals surface area contributed by atoms with Gasteiger partial charge >= 0.3 is 17.9 Å². The Balaban J connectivity index is 2.02. The lowest BCUT2D eigenvalue weighted by Crippen LogP contribution is -2.66. The van der Waals surface area contributed by atoms with Crippen LogP contribution in [0.25, 0.3) is 0 Å². The number of rotatable bonds is 9. The van der Waals surface area contributed by atoms with Crippen LogP contribution < -0.4 is 10.2 Å². The van der Waals surface area contributed by atoms with E-state index in [9.17, 15) is 24.0 Å². The molecule has 5 unspecified atom stereocenters. The summed E-state index contributed by atoms with van der Waals surface area (Å²) >= 11 is 0. The largest absolute Gasteiger partial charge is 0.463 e. The minimum atomic E-state index is -1.43. The van der Waals surface area contributed by atoms with Crippen LogP contribution in [0.4, 0.5) is 5.69 Å². The summed E-state index contributed by atoms with van der Waals surface area (Å²) in [5, 5.41) is 6.71. The summed E-state index contributed by atoms with van der Waals surface area (Å²) in [6, 6.07) is 4.30. The zero-order chi connectivity index (χ0) is 28.9. The number of anilines is 1. The topological polar surface area (TPSA) is 159 Å². The Morgan fingerprint density at radius 2 is 1.69 bits per heavy atom. The van der Waals surface area contributed by atoms with Crippen molar-refractivity contribution >= 4 is 41.1 Å². The smallest absolute Gasteiger partial charge is 0.303 e. The first kappa shape index (κ1) is 29.6. The van der Waals surface area contributed by atoms with Gasteiger partial charge in [-0.2, -0.15) is 0 Å². The summed E-state index contributed by atoms with van der Waals surface area (Å²) in [6.07, 6.45) is -4.46. The number of carbonyl (C=O) groups is 5. The van der Waals surface area contributed by atoms with Crippen molar-refractivity contribution in [1.82, 2.24) is 5.32 Å². The van der Waals surface area contributed by atoms with Crippen LogP contribution in [0, 0.1) is 6.92 Å². The maximum absolute atomic E-state index is 13.2. The third kappa shape index (κ3) is 7.11. The molecule has 0 aliphatic carbocycles. The third-order valence-electron chi connectivity index (χ3n) is 5.91. The fourth-order valence-electron chi connectivity index (χ4n) is 4.45. The number of hydrogen-bond donors (Lipinski definition) is 1. The Bertz CT molecular complexity index is 1170. The highest BCUT2D eigenvalue weighted by Gasteiger charge is 2.52. The molecule has 1 aromatic carbocycles. The highest BCUT2D eigenvalue weighted by molar-refractivity contribution is 6.54. The first-order valence-corrected chi connectivity index (χ1v) is 12.5. The van der Waals surface area contributed by atoms with E-state index in [0.29, 0.717) is 24.2 Å². The quantitative estimate of drug-likeness (QED) is 0.270. The van der Waals surface area contributed by atoms with Gasteiger partial charge in [0.2, 0.25) is 5.91 Å². The molecule has 0 spiro atoms. The van der Waals surface area contributed by atoms with Gasteiger partial charge in [0.15, 0.2) is 17.9 Å². The Labute approximate surface area is 225 Å². The summed E-state index contributed by atoms with van der Waals surface area (Å²) in [5.74, 6) is -3.01. The van der Waals surface area contributed by atoms with Crippen molar-refractivity contribution in [3.05, 3.63) is 29.3 Å². The van der Waals surface area contributed by atoms with E-state index >= 15 is 0 Å². The molecule has 1 saturated heterocycles. The molecule has 13 nitrogen and oxygen atoms in total. The van der Waals surface area contributed by atoms with Crippen molar-refractivity contribution in [1.29, 1.82) is 0 Å². The summed E-state index contributed by atoms with van der Waals surface area (Å²) < 4.78 is 21.8. The number of amides is 2. The molecule has 2 heterocycles. The van der Waals surface area contributed by atoms with Gasteiger partial charge in [0, 0.05) is 39.8 Å². The first-order chi connectivity index (χ1) is 18.4. The number of oxime groups is 1. The second-order valence-corrected chi connectivity index (χ2v) is 9.24. The van der Waals surface area contributed by atoms with E-state index in [4.69, 9.17) is 23.8 Å². The predicted octanol–water partition coefficient (Wildman–Crippen LogP) is 1.13. The fourth-order valence-corrected chi connectivity index (χ4v) is 4.45. The summed E-state index contributed by atoms with van der Waals surface area (Å²) in [6.45, 7) is 8.58. The number of benzene rings is 1. The molecule has 1 fully saturated rings. The molecule has 212 valence electrons. The number of carbonyl (C=O) groups excluding carboxylic acids is 5. The standard InChI is InChI=1S/C26H33N3O10/c1-7-10-29-19-9-8-13(2)11-18(19)21(25(29)34)28-39-26-22(27-14(3)30)24(37-17(6)33)23(36-16(5)32)20(38-26)12-35-15(4)31/h8-9,11,20,22-24,26H,7,10,12H2,1-6H3,(H,27,30). The van der Waals surface area contributed by atoms with E-state index in [-0.39, 0.29) is 18.2 Å². The van der Waals surface area contributed by atoms with E-state index in [1.54, 1.807) is 11.0 Å². The van der Waals surface area contributed by atoms with Crippen LogP contribution in [0.5, 0.6) is 0 Å². The molecule has 2 aliphatic heterocycles. The van der Waals surface area contributed by atoms with Crippen molar-refractivity contribution < 1.29 is 47.8 Å². The Hall–Kier alpha value is -4.00. The number of aryl methyl sites for hydroxylation is 1. The summed E-state index contributed by atoms with van der Waals surface area (Å²) in [5.41, 5.74) is 2.16. The Morgan fingerprint density at radius 1 is 1.03 bits per heavy atom. The number of nitrogens with zero attached hydrogens (tertiary/aromatic N) is 2. The average molecular weight is 548 g/mol. The summed E-state index contributed by atoms with van der Waals surface area (Å²) in [4.78, 5) is 68.1. The molecule has 0 saturated carbocycles. The monoisotopic (exact) mass is 547 g/mol. The van der Waals surface area contributed by atoms with Gasteiger partial charge in [-0.05, 0) is 25.5 Å². The highest BCUT2D eigenvalue weighted by Crippen LogP contribution is 2.32. The van der Waals surface area contributed by atoms with Gasteiger partial charge in [-0.3, -0.25) is 24.0 Å². The minimum absolute atomic E-state index is 0.0232. The average Bonchev–Trinajstić information content (AvgIpc) is 3.09. The van der Waals surface area contributed by atoms with Crippen molar-refractivity contribution in [2.45, 2.75) is 78.6 Å². The van der Waals surface area contributed by atoms with E-state index in [1.807, 2.05) is 26.0 Å². The fraction of sp³-hybridized carbons (Fsp3) is 0.538. The van der Waals surface area contributed by atoms with Crippen LogP contribution in [0.2, 0.25) is 0 Å². The molecule has 0 radical (unpaired) electrons. The molecule has 1 aromatic rings. The van der Waals surface area contributed by atoms with Gasteiger partial charge in [-0.1, -0.05) is 23.7 Å². The van der Waals surface area contributed by atoms with Crippen molar-refractivity contribution in [2.24, 2.45) is 5.16 Å². The van der Waals surface area contributed by atoms with Crippen LogP contribution in [-0.2, 0) is 47.8 Å². The lowest BCUT2D eigenvalue weighted by molar-refractivity contribution is -0.278. The van der Waals surface area contributed by atoms with Crippen LogP contribution in [0.15, 0.2) is 23.4 Å². The maximum atomic E-state index is 13.2. The zero-order valence-corrected chi connectivity index (χ0v) is 22.7. The molecule has 1 N–H and O–H groups in total. The molecule has 0 aromatic heterocycles. The minimum Gasteiger partial charge on any atom is -0.463 e. The van der Waals surface area contributed by atoms with Gasteiger partial charge in [-0.25, -0.2) is 0 Å². The van der Waals surface area contributed by atoms with Crippen molar-refractivity contribution in [3.63, 3.8) is 0 Å². The number of esters is 3. The van der Waals surface area contributed by atoms with E-state index in [2.05, 4.69) is 10.5 Å². The number of nitrogens with one attached hydrogen (secondary N) is 1. The van der Waals surface area contributed by atoms with Gasteiger partial charge in [-0.15, -0.1) is 0 Å². The van der Waals surface area contributed by atoms with Gasteiger partial charge in [0.05, 0.1) is 5.69 Å². The first-order valence-electron chi connectivity index (χ1n) is 12.5. The molecule has 0 bridgehead atoms. The summed E-state index contributed by atoms with van der Waals surface area (Å²) in [7, 11) is 0. The lowest BCUT2D eigenvalue weighted by Gasteiger charge is -2.43. The molecule has 39 heavy (non-hydrogen) atoms. The molecule has 2 aliphatic rings. The normalized spacial score (nSPS) is 25.1. The number of ether oxygens (including phenoxy) is 4.